The third-order valence-electron chi connectivity index (χ3n) is 3.64. The van der Waals surface area contributed by atoms with E-state index in [0.717, 1.165) is 4.59 Å². The maximum atomic E-state index is 4.90. The van der Waals surface area contributed by atoms with E-state index in [9.17, 15) is 0 Å². The van der Waals surface area contributed by atoms with Crippen LogP contribution in [-0.2, 0) is 0 Å². The molecule has 1 aromatic rings. The van der Waals surface area contributed by atoms with Crippen LogP contribution in [0.1, 0.15) is 31.7 Å². The molecule has 2 aliphatic rings. The van der Waals surface area contributed by atoms with Crippen molar-refractivity contribution >= 4 is 11.4 Å². The molecule has 0 saturated carbocycles. The van der Waals surface area contributed by atoms with Gasteiger partial charge in [-0.05, 0) is 32.3 Å². The molecule has 2 heterocycles. The second kappa shape index (κ2) is 3.17. The molecule has 0 aliphatic carbocycles. The largest absolute Gasteiger partial charge is 0.168 e. The maximum absolute atomic E-state index is 4.90. The quantitative estimate of drug-likeness (QED) is 0.572. The highest BCUT2D eigenvalue weighted by atomic mass is 15.6. The average Bonchev–Trinajstić information content (AvgIpc) is 2.55. The third-order valence-corrected chi connectivity index (χ3v) is 3.64. The molecule has 15 heavy (non-hydrogen) atoms. The van der Waals surface area contributed by atoms with E-state index >= 15 is 0 Å². The van der Waals surface area contributed by atoms with Crippen LogP contribution in [0.15, 0.2) is 29.4 Å². The predicted octanol–water partition coefficient (Wildman–Crippen LogP) is 2.92. The number of rotatable bonds is 0. The summed E-state index contributed by atoms with van der Waals surface area (Å²) < 4.78 is 0.877. The van der Waals surface area contributed by atoms with Crippen molar-refractivity contribution in [3.8, 4) is 0 Å². The van der Waals surface area contributed by atoms with E-state index < -0.39 is 0 Å². The average molecular weight is 201 g/mol. The number of para-hydroxylation sites is 1. The minimum Gasteiger partial charge on any atom is -0.165 e. The van der Waals surface area contributed by atoms with Crippen molar-refractivity contribution in [2.24, 2.45) is 5.10 Å². The molecule has 1 saturated heterocycles. The number of fused-ring (bicyclic) bond motifs is 2. The Balaban J connectivity index is 2.13. The van der Waals surface area contributed by atoms with Gasteiger partial charge in [0.15, 0.2) is 5.69 Å². The van der Waals surface area contributed by atoms with E-state index in [2.05, 4.69) is 31.2 Å². The van der Waals surface area contributed by atoms with Gasteiger partial charge in [-0.3, -0.25) is 0 Å². The molecule has 0 unspecified atom stereocenters. The van der Waals surface area contributed by atoms with Crippen molar-refractivity contribution in [1.82, 2.24) is 4.59 Å². The lowest BCUT2D eigenvalue weighted by molar-refractivity contribution is 0.244. The highest BCUT2D eigenvalue weighted by Crippen LogP contribution is 2.37. The monoisotopic (exact) mass is 201 g/mol. The molecule has 1 fully saturated rings. The molecule has 2 nitrogen and oxygen atoms in total. The van der Waals surface area contributed by atoms with Gasteiger partial charge in [-0.15, -0.1) is 0 Å². The Morgan fingerprint density at radius 2 is 1.80 bits per heavy atom. The van der Waals surface area contributed by atoms with Crippen molar-refractivity contribution in [2.45, 2.75) is 26.2 Å². The Kier molecular flexibility index (Phi) is 1.93. The Morgan fingerprint density at radius 3 is 2.60 bits per heavy atom. The van der Waals surface area contributed by atoms with Crippen molar-refractivity contribution < 1.29 is 0 Å². The van der Waals surface area contributed by atoms with Crippen LogP contribution in [0.25, 0.3) is 0 Å². The van der Waals surface area contributed by atoms with Crippen LogP contribution < -0.4 is 4.59 Å². The zero-order valence-corrected chi connectivity index (χ0v) is 9.24. The van der Waals surface area contributed by atoms with Crippen LogP contribution in [0, 0.1) is 0 Å². The standard InChI is InChI=1S/C13H17N2/c1-11-12-7-3-4-8-13(12)15(14-11)9-5-2-6-10-15/h3-4,7-8H,2,5-6,9-10H2,1H3/q+1. The van der Waals surface area contributed by atoms with Gasteiger partial charge in [0.1, 0.15) is 18.8 Å². The molecule has 78 valence electrons. The zero-order valence-electron chi connectivity index (χ0n) is 9.24. The molecule has 0 atom stereocenters. The molecule has 0 aromatic heterocycles. The molecule has 1 spiro atoms. The SMILES string of the molecule is CC1=N[N+]2(CCCCC2)c2ccccc21. The zero-order chi connectivity index (χ0) is 10.3. The molecule has 0 bridgehead atoms. The number of piperidine rings is 1. The first-order chi connectivity index (χ1) is 7.32. The first kappa shape index (κ1) is 9.10. The normalized spacial score (nSPS) is 22.6. The van der Waals surface area contributed by atoms with Crippen molar-refractivity contribution in [3.63, 3.8) is 0 Å². The van der Waals surface area contributed by atoms with Crippen molar-refractivity contribution in [2.75, 3.05) is 13.1 Å². The number of benzene rings is 1. The van der Waals surface area contributed by atoms with Crippen molar-refractivity contribution in [3.05, 3.63) is 29.8 Å². The molecular weight excluding hydrogens is 184 g/mol. The number of hydrogen-bond acceptors (Lipinski definition) is 1. The maximum Gasteiger partial charge on any atom is 0.168 e. The summed E-state index contributed by atoms with van der Waals surface area (Å²) in [5.41, 5.74) is 4.00. The van der Waals surface area contributed by atoms with Gasteiger partial charge in [0.2, 0.25) is 0 Å². The third kappa shape index (κ3) is 1.25. The predicted molar refractivity (Wildman–Crippen MR) is 64.0 cm³/mol. The fraction of sp³-hybridized carbons (Fsp3) is 0.462. The highest BCUT2D eigenvalue weighted by molar-refractivity contribution is 6.06. The molecule has 1 aromatic carbocycles. The van der Waals surface area contributed by atoms with Gasteiger partial charge in [-0.2, -0.15) is 4.59 Å². The molecular formula is C13H17N2+. The van der Waals surface area contributed by atoms with E-state index in [1.54, 1.807) is 0 Å². The number of nitrogens with zero attached hydrogens (tertiary/aromatic N) is 2. The second-order valence-corrected chi connectivity index (χ2v) is 4.63. The topological polar surface area (TPSA) is 12.4 Å². The fourth-order valence-corrected chi connectivity index (χ4v) is 2.91. The van der Waals surface area contributed by atoms with Gasteiger partial charge in [-0.1, -0.05) is 17.2 Å². The van der Waals surface area contributed by atoms with Crippen LogP contribution in [0.3, 0.4) is 0 Å². The summed E-state index contributed by atoms with van der Waals surface area (Å²) in [6, 6.07) is 8.71. The van der Waals surface area contributed by atoms with Crippen LogP contribution in [0.5, 0.6) is 0 Å². The molecule has 0 radical (unpaired) electrons. The molecule has 2 heteroatoms. The first-order valence-corrected chi connectivity index (χ1v) is 5.86. The molecule has 0 N–H and O–H groups in total. The van der Waals surface area contributed by atoms with Crippen LogP contribution in [0.2, 0.25) is 0 Å². The Bertz CT molecular complexity index is 414. The van der Waals surface area contributed by atoms with E-state index in [0.29, 0.717) is 0 Å². The minimum absolute atomic E-state index is 0.877. The van der Waals surface area contributed by atoms with E-state index in [1.165, 1.54) is 49.3 Å². The second-order valence-electron chi connectivity index (χ2n) is 4.63. The smallest absolute Gasteiger partial charge is 0.165 e. The summed E-state index contributed by atoms with van der Waals surface area (Å²) in [5, 5.41) is 4.90. The lowest BCUT2D eigenvalue weighted by Crippen LogP contribution is -2.46. The fourth-order valence-electron chi connectivity index (χ4n) is 2.91. The summed E-state index contributed by atoms with van der Waals surface area (Å²) in [5.74, 6) is 0. The summed E-state index contributed by atoms with van der Waals surface area (Å²) in [4.78, 5) is 0. The van der Waals surface area contributed by atoms with Gasteiger partial charge in [0.25, 0.3) is 0 Å². The van der Waals surface area contributed by atoms with Crippen LogP contribution >= 0.6 is 0 Å². The molecule has 3 rings (SSSR count). The van der Waals surface area contributed by atoms with Crippen LogP contribution in [-0.4, -0.2) is 18.8 Å². The number of hydrogen-bond donors (Lipinski definition) is 0. The van der Waals surface area contributed by atoms with Gasteiger partial charge >= 0.3 is 0 Å². The van der Waals surface area contributed by atoms with Crippen LogP contribution in [0.4, 0.5) is 5.69 Å². The first-order valence-electron chi connectivity index (χ1n) is 5.86. The summed E-state index contributed by atoms with van der Waals surface area (Å²) >= 11 is 0. The highest BCUT2D eigenvalue weighted by Gasteiger charge is 2.40. The summed E-state index contributed by atoms with van der Waals surface area (Å²) in [6.07, 6.45) is 3.99. The minimum atomic E-state index is 0.877. The Morgan fingerprint density at radius 1 is 1.07 bits per heavy atom. The number of quaternary nitrogens is 1. The lowest BCUT2D eigenvalue weighted by atomic mass is 10.1. The van der Waals surface area contributed by atoms with Gasteiger partial charge in [0, 0.05) is 6.07 Å². The molecule has 2 aliphatic heterocycles. The van der Waals surface area contributed by atoms with E-state index in [1.807, 2.05) is 0 Å². The summed E-state index contributed by atoms with van der Waals surface area (Å²) in [6.45, 7) is 4.52. The van der Waals surface area contributed by atoms with Crippen molar-refractivity contribution in [1.29, 1.82) is 0 Å². The summed E-state index contributed by atoms with van der Waals surface area (Å²) in [7, 11) is 0. The van der Waals surface area contributed by atoms with E-state index in [-0.39, 0.29) is 0 Å². The van der Waals surface area contributed by atoms with E-state index in [4.69, 9.17) is 5.10 Å². The van der Waals surface area contributed by atoms with Gasteiger partial charge in [0.05, 0.1) is 5.56 Å². The van der Waals surface area contributed by atoms with Gasteiger partial charge < -0.3 is 0 Å². The lowest BCUT2D eigenvalue weighted by Gasteiger charge is -2.32. The molecule has 0 amide bonds. The Labute approximate surface area is 90.8 Å². The Hall–Kier alpha value is -1.15. The van der Waals surface area contributed by atoms with Gasteiger partial charge in [-0.25, -0.2) is 0 Å².